The van der Waals surface area contributed by atoms with Crippen LogP contribution in [0.3, 0.4) is 0 Å². The molecule has 0 saturated heterocycles. The van der Waals surface area contributed by atoms with Crippen LogP contribution in [0.5, 0.6) is 5.75 Å². The first kappa shape index (κ1) is 17.4. The van der Waals surface area contributed by atoms with Gasteiger partial charge in [0.05, 0.1) is 0 Å². The molecule has 1 aromatic rings. The van der Waals surface area contributed by atoms with Gasteiger partial charge in [0.15, 0.2) is 18.2 Å². The van der Waals surface area contributed by atoms with Crippen LogP contribution in [0, 0.1) is 5.82 Å². The smallest absolute Gasteiger partial charge is 0.257 e. The fraction of sp³-hybridized carbons (Fsp3) is 0.562. The van der Waals surface area contributed by atoms with Gasteiger partial charge < -0.3 is 10.1 Å². The summed E-state index contributed by atoms with van der Waals surface area (Å²) in [4.78, 5) is 14.0. The number of nitrogens with zero attached hydrogens (tertiary/aromatic N) is 1. The van der Waals surface area contributed by atoms with Crippen molar-refractivity contribution in [3.63, 3.8) is 0 Å². The average molecular weight is 296 g/mol. The van der Waals surface area contributed by atoms with Crippen LogP contribution in [0.25, 0.3) is 0 Å². The van der Waals surface area contributed by atoms with Crippen molar-refractivity contribution in [3.05, 3.63) is 30.1 Å². The van der Waals surface area contributed by atoms with Gasteiger partial charge in [0.1, 0.15) is 0 Å². The summed E-state index contributed by atoms with van der Waals surface area (Å²) in [5, 5.41) is 2.78. The van der Waals surface area contributed by atoms with Crippen LogP contribution in [-0.2, 0) is 4.79 Å². The normalized spacial score (nSPS) is 11.2. The predicted octanol–water partition coefficient (Wildman–Crippen LogP) is 2.44. The second-order valence-corrected chi connectivity index (χ2v) is 5.49. The number of carbonyl (C=O) groups excluding carboxylic acids is 1. The number of hydrogen-bond acceptors (Lipinski definition) is 3. The Morgan fingerprint density at radius 1 is 1.24 bits per heavy atom. The van der Waals surface area contributed by atoms with Gasteiger partial charge in [-0.3, -0.25) is 9.69 Å². The monoisotopic (exact) mass is 296 g/mol. The Labute approximate surface area is 126 Å². The number of nitrogens with one attached hydrogen (secondary N) is 1. The first-order valence-corrected chi connectivity index (χ1v) is 7.31. The van der Waals surface area contributed by atoms with Crippen LogP contribution in [0.1, 0.15) is 27.7 Å². The lowest BCUT2D eigenvalue weighted by molar-refractivity contribution is -0.123. The van der Waals surface area contributed by atoms with Crippen molar-refractivity contribution in [2.75, 3.05) is 19.7 Å². The lowest BCUT2D eigenvalue weighted by atomic mass is 10.2. The topological polar surface area (TPSA) is 41.6 Å². The zero-order valence-corrected chi connectivity index (χ0v) is 13.2. The third-order valence-corrected chi connectivity index (χ3v) is 3.21. The first-order chi connectivity index (χ1) is 9.91. The number of benzene rings is 1. The van der Waals surface area contributed by atoms with Crippen molar-refractivity contribution >= 4 is 5.91 Å². The summed E-state index contributed by atoms with van der Waals surface area (Å²) in [5.41, 5.74) is 0. The SMILES string of the molecule is CC(C)N(CCNC(=O)COc1ccccc1F)C(C)C. The molecule has 0 saturated carbocycles. The van der Waals surface area contributed by atoms with Gasteiger partial charge in [-0.15, -0.1) is 0 Å². The summed E-state index contributed by atoms with van der Waals surface area (Å²) >= 11 is 0. The third-order valence-electron chi connectivity index (χ3n) is 3.21. The number of ether oxygens (including phenoxy) is 1. The number of carbonyl (C=O) groups is 1. The van der Waals surface area contributed by atoms with E-state index in [9.17, 15) is 9.18 Å². The minimum absolute atomic E-state index is 0.0960. The van der Waals surface area contributed by atoms with Gasteiger partial charge >= 0.3 is 0 Å². The van der Waals surface area contributed by atoms with E-state index in [-0.39, 0.29) is 18.3 Å². The van der Waals surface area contributed by atoms with Crippen molar-refractivity contribution in [3.8, 4) is 5.75 Å². The molecule has 0 heterocycles. The molecule has 1 aromatic carbocycles. The Hall–Kier alpha value is -1.62. The molecule has 0 spiro atoms. The van der Waals surface area contributed by atoms with E-state index < -0.39 is 5.82 Å². The van der Waals surface area contributed by atoms with E-state index in [1.807, 2.05) is 0 Å². The second kappa shape index (κ2) is 8.62. The molecule has 4 nitrogen and oxygen atoms in total. The Morgan fingerprint density at radius 3 is 2.43 bits per heavy atom. The lowest BCUT2D eigenvalue weighted by Crippen LogP contribution is -2.43. The Balaban J connectivity index is 2.30. The molecular weight excluding hydrogens is 271 g/mol. The fourth-order valence-corrected chi connectivity index (χ4v) is 2.19. The Kier molecular flexibility index (Phi) is 7.15. The molecule has 1 rings (SSSR count). The molecule has 118 valence electrons. The maximum absolute atomic E-state index is 13.3. The third kappa shape index (κ3) is 6.12. The van der Waals surface area contributed by atoms with Gasteiger partial charge in [-0.25, -0.2) is 4.39 Å². The highest BCUT2D eigenvalue weighted by Crippen LogP contribution is 2.14. The van der Waals surface area contributed by atoms with E-state index in [4.69, 9.17) is 4.74 Å². The average Bonchev–Trinajstić information content (AvgIpc) is 2.41. The Bertz CT molecular complexity index is 442. The number of hydrogen-bond donors (Lipinski definition) is 1. The molecule has 0 aliphatic heterocycles. The maximum Gasteiger partial charge on any atom is 0.257 e. The largest absolute Gasteiger partial charge is 0.481 e. The van der Waals surface area contributed by atoms with Crippen LogP contribution in [0.15, 0.2) is 24.3 Å². The highest BCUT2D eigenvalue weighted by Gasteiger charge is 2.13. The van der Waals surface area contributed by atoms with E-state index in [0.717, 1.165) is 6.54 Å². The molecule has 0 bridgehead atoms. The summed E-state index contributed by atoms with van der Waals surface area (Å²) in [6, 6.07) is 6.90. The zero-order chi connectivity index (χ0) is 15.8. The second-order valence-electron chi connectivity index (χ2n) is 5.49. The maximum atomic E-state index is 13.3. The van der Waals surface area contributed by atoms with Crippen molar-refractivity contribution in [2.24, 2.45) is 0 Å². The minimum Gasteiger partial charge on any atom is -0.481 e. The molecule has 0 aliphatic carbocycles. The Morgan fingerprint density at radius 2 is 1.86 bits per heavy atom. The molecule has 0 radical (unpaired) electrons. The van der Waals surface area contributed by atoms with Crippen molar-refractivity contribution in [1.29, 1.82) is 0 Å². The van der Waals surface area contributed by atoms with Crippen LogP contribution >= 0.6 is 0 Å². The first-order valence-electron chi connectivity index (χ1n) is 7.31. The molecule has 1 N–H and O–H groups in total. The van der Waals surface area contributed by atoms with E-state index in [1.54, 1.807) is 12.1 Å². The van der Waals surface area contributed by atoms with Gasteiger partial charge in [0, 0.05) is 25.2 Å². The standard InChI is InChI=1S/C16H25FN2O2/c1-12(2)19(13(3)4)10-9-18-16(20)11-21-15-8-6-5-7-14(15)17/h5-8,12-13H,9-11H2,1-4H3,(H,18,20). The van der Waals surface area contributed by atoms with Crippen molar-refractivity contribution in [1.82, 2.24) is 10.2 Å². The van der Waals surface area contributed by atoms with Crippen LogP contribution in [-0.4, -0.2) is 42.6 Å². The summed E-state index contributed by atoms with van der Waals surface area (Å²) in [7, 11) is 0. The quantitative estimate of drug-likeness (QED) is 0.801. The molecule has 0 unspecified atom stereocenters. The highest BCUT2D eigenvalue weighted by molar-refractivity contribution is 5.77. The number of halogens is 1. The van der Waals surface area contributed by atoms with Gasteiger partial charge in [-0.2, -0.15) is 0 Å². The van der Waals surface area contributed by atoms with E-state index in [2.05, 4.69) is 37.9 Å². The molecule has 21 heavy (non-hydrogen) atoms. The molecule has 0 atom stereocenters. The molecule has 5 heteroatoms. The minimum atomic E-state index is -0.462. The number of amides is 1. The summed E-state index contributed by atoms with van der Waals surface area (Å²) in [6.07, 6.45) is 0. The summed E-state index contributed by atoms with van der Waals surface area (Å²) < 4.78 is 18.5. The molecular formula is C16H25FN2O2. The van der Waals surface area contributed by atoms with Crippen LogP contribution < -0.4 is 10.1 Å². The van der Waals surface area contributed by atoms with Crippen molar-refractivity contribution in [2.45, 2.75) is 39.8 Å². The number of rotatable bonds is 8. The molecule has 0 fully saturated rings. The molecule has 1 amide bonds. The van der Waals surface area contributed by atoms with E-state index in [0.29, 0.717) is 18.6 Å². The van der Waals surface area contributed by atoms with E-state index >= 15 is 0 Å². The number of para-hydroxylation sites is 1. The molecule has 0 aliphatic rings. The lowest BCUT2D eigenvalue weighted by Gasteiger charge is -2.30. The summed E-state index contributed by atoms with van der Waals surface area (Å²) in [5.74, 6) is -0.611. The van der Waals surface area contributed by atoms with Gasteiger partial charge in [-0.05, 0) is 39.8 Å². The van der Waals surface area contributed by atoms with Gasteiger partial charge in [-0.1, -0.05) is 12.1 Å². The predicted molar refractivity (Wildman–Crippen MR) is 81.9 cm³/mol. The highest BCUT2D eigenvalue weighted by atomic mass is 19.1. The molecule has 0 aromatic heterocycles. The van der Waals surface area contributed by atoms with Crippen LogP contribution in [0.2, 0.25) is 0 Å². The van der Waals surface area contributed by atoms with E-state index in [1.165, 1.54) is 12.1 Å². The zero-order valence-electron chi connectivity index (χ0n) is 13.2. The van der Waals surface area contributed by atoms with Crippen molar-refractivity contribution < 1.29 is 13.9 Å². The summed E-state index contributed by atoms with van der Waals surface area (Å²) in [6.45, 7) is 9.67. The van der Waals surface area contributed by atoms with Gasteiger partial charge in [0.25, 0.3) is 5.91 Å². The van der Waals surface area contributed by atoms with Gasteiger partial charge in [0.2, 0.25) is 0 Å². The van der Waals surface area contributed by atoms with Crippen LogP contribution in [0.4, 0.5) is 4.39 Å². The fourth-order valence-electron chi connectivity index (χ4n) is 2.19.